The topological polar surface area (TPSA) is 95.5 Å². The van der Waals surface area contributed by atoms with Crippen molar-refractivity contribution in [1.29, 1.82) is 0 Å². The van der Waals surface area contributed by atoms with Crippen LogP contribution in [0.25, 0.3) is 6.08 Å². The zero-order valence-corrected chi connectivity index (χ0v) is 13.6. The first kappa shape index (κ1) is 17.2. The van der Waals surface area contributed by atoms with Crippen molar-refractivity contribution >= 4 is 12.0 Å². The summed E-state index contributed by atoms with van der Waals surface area (Å²) in [6.45, 7) is 0.126. The predicted octanol–water partition coefficient (Wildman–Crippen LogP) is 1.23. The second-order valence-corrected chi connectivity index (χ2v) is 4.55. The van der Waals surface area contributed by atoms with Crippen LogP contribution in [0, 0.1) is 0 Å². The molecule has 1 aromatic carbocycles. The van der Waals surface area contributed by atoms with Crippen molar-refractivity contribution in [3.05, 3.63) is 41.7 Å². The van der Waals surface area contributed by atoms with Gasteiger partial charge in [-0.3, -0.25) is 4.79 Å². The summed E-state index contributed by atoms with van der Waals surface area (Å²) in [5.41, 5.74) is 0.884. The molecule has 0 bridgehead atoms. The molecule has 0 spiro atoms. The number of nitrogens with one attached hydrogen (secondary N) is 1. The molecule has 2 rings (SSSR count). The van der Waals surface area contributed by atoms with E-state index in [0.29, 0.717) is 5.82 Å². The molecular formula is C16H18N4O4. The molecule has 1 N–H and O–H groups in total. The Morgan fingerprint density at radius 1 is 1.00 bits per heavy atom. The average Bonchev–Trinajstić information content (AvgIpc) is 2.64. The van der Waals surface area contributed by atoms with Crippen molar-refractivity contribution in [1.82, 2.24) is 20.3 Å². The van der Waals surface area contributed by atoms with E-state index in [0.717, 1.165) is 11.3 Å². The molecule has 1 amide bonds. The van der Waals surface area contributed by atoms with Crippen molar-refractivity contribution in [2.75, 3.05) is 21.3 Å². The van der Waals surface area contributed by atoms with Gasteiger partial charge < -0.3 is 19.5 Å². The van der Waals surface area contributed by atoms with Crippen LogP contribution >= 0.6 is 0 Å². The minimum atomic E-state index is -0.274. The molecule has 1 heterocycles. The highest BCUT2D eigenvalue weighted by molar-refractivity contribution is 5.91. The number of carbonyl (C=O) groups is 1. The molecule has 0 unspecified atom stereocenters. The van der Waals surface area contributed by atoms with Crippen LogP contribution in [0.15, 0.2) is 30.3 Å². The van der Waals surface area contributed by atoms with Gasteiger partial charge in [-0.05, 0) is 23.8 Å². The van der Waals surface area contributed by atoms with Crippen molar-refractivity contribution in [2.45, 2.75) is 6.54 Å². The maximum absolute atomic E-state index is 11.9. The minimum Gasteiger partial charge on any atom is -0.497 e. The average molecular weight is 330 g/mol. The summed E-state index contributed by atoms with van der Waals surface area (Å²) in [7, 11) is 4.48. The molecule has 1 aromatic heterocycles. The third-order valence-corrected chi connectivity index (χ3v) is 2.97. The summed E-state index contributed by atoms with van der Waals surface area (Å²) in [6, 6.07) is 7.59. The van der Waals surface area contributed by atoms with Gasteiger partial charge in [0.1, 0.15) is 5.75 Å². The van der Waals surface area contributed by atoms with E-state index in [2.05, 4.69) is 20.3 Å². The molecule has 0 aliphatic heterocycles. The number of aromatic nitrogens is 3. The molecular weight excluding hydrogens is 312 g/mol. The number of ether oxygens (including phenoxy) is 3. The zero-order valence-electron chi connectivity index (χ0n) is 13.6. The fourth-order valence-electron chi connectivity index (χ4n) is 1.75. The fourth-order valence-corrected chi connectivity index (χ4v) is 1.75. The second-order valence-electron chi connectivity index (χ2n) is 4.55. The molecule has 2 aromatic rings. The van der Waals surface area contributed by atoms with Crippen LogP contribution < -0.4 is 19.5 Å². The molecule has 0 radical (unpaired) electrons. The summed E-state index contributed by atoms with van der Waals surface area (Å²) in [6.07, 6.45) is 3.13. The number of benzene rings is 1. The van der Waals surface area contributed by atoms with E-state index in [1.54, 1.807) is 13.2 Å². The monoisotopic (exact) mass is 330 g/mol. The van der Waals surface area contributed by atoms with Crippen molar-refractivity contribution < 1.29 is 19.0 Å². The Morgan fingerprint density at radius 2 is 1.62 bits per heavy atom. The normalized spacial score (nSPS) is 10.5. The van der Waals surface area contributed by atoms with Crippen molar-refractivity contribution in [2.24, 2.45) is 0 Å². The van der Waals surface area contributed by atoms with Gasteiger partial charge in [0.05, 0.1) is 27.9 Å². The maximum Gasteiger partial charge on any atom is 0.322 e. The minimum absolute atomic E-state index is 0.125. The maximum atomic E-state index is 11.9. The summed E-state index contributed by atoms with van der Waals surface area (Å²) in [5.74, 6) is 0.823. The lowest BCUT2D eigenvalue weighted by atomic mass is 10.2. The van der Waals surface area contributed by atoms with Gasteiger partial charge in [-0.25, -0.2) is 0 Å². The summed E-state index contributed by atoms with van der Waals surface area (Å²) in [5, 5.41) is 2.68. The molecule has 0 aliphatic rings. The van der Waals surface area contributed by atoms with E-state index >= 15 is 0 Å². The van der Waals surface area contributed by atoms with Gasteiger partial charge in [0.2, 0.25) is 5.91 Å². The van der Waals surface area contributed by atoms with Crippen LogP contribution in [0.4, 0.5) is 0 Å². The lowest BCUT2D eigenvalue weighted by molar-refractivity contribution is -0.116. The van der Waals surface area contributed by atoms with Crippen molar-refractivity contribution in [3.63, 3.8) is 0 Å². The Kier molecular flexibility index (Phi) is 6.07. The number of hydrogen-bond acceptors (Lipinski definition) is 7. The molecule has 126 valence electrons. The predicted molar refractivity (Wildman–Crippen MR) is 86.8 cm³/mol. The first-order valence-electron chi connectivity index (χ1n) is 7.07. The summed E-state index contributed by atoms with van der Waals surface area (Å²) >= 11 is 0. The van der Waals surface area contributed by atoms with Gasteiger partial charge in [-0.1, -0.05) is 12.1 Å². The summed E-state index contributed by atoms with van der Waals surface area (Å²) < 4.78 is 15.0. The quantitative estimate of drug-likeness (QED) is 0.763. The zero-order chi connectivity index (χ0) is 17.4. The molecule has 24 heavy (non-hydrogen) atoms. The second kappa shape index (κ2) is 8.47. The highest BCUT2D eigenvalue weighted by Gasteiger charge is 2.07. The number of amides is 1. The van der Waals surface area contributed by atoms with Gasteiger partial charge in [-0.15, -0.1) is 4.98 Å². The first-order chi connectivity index (χ1) is 11.6. The Balaban J connectivity index is 1.93. The fraction of sp³-hybridized carbons (Fsp3) is 0.250. The molecule has 0 fully saturated rings. The van der Waals surface area contributed by atoms with E-state index in [9.17, 15) is 4.79 Å². The highest BCUT2D eigenvalue weighted by atomic mass is 16.5. The van der Waals surface area contributed by atoms with E-state index in [1.807, 2.05) is 24.3 Å². The smallest absolute Gasteiger partial charge is 0.322 e. The number of methoxy groups -OCH3 is 3. The van der Waals surface area contributed by atoms with Gasteiger partial charge in [0.15, 0.2) is 5.82 Å². The number of carbonyl (C=O) groups excluding carboxylic acids is 1. The molecule has 0 atom stereocenters. The lowest BCUT2D eigenvalue weighted by Crippen LogP contribution is -2.22. The number of nitrogens with zero attached hydrogens (tertiary/aromatic N) is 3. The van der Waals surface area contributed by atoms with E-state index in [1.165, 1.54) is 20.3 Å². The standard InChI is InChI=1S/C16H18N4O4/c1-22-12-7-4-11(5-8-12)6-9-14(21)17-10-13-18-15(23-2)20-16(19-13)24-3/h4-9H,10H2,1-3H3,(H,17,21)/b9-6+. The van der Waals surface area contributed by atoms with Gasteiger partial charge in [0.25, 0.3) is 0 Å². The van der Waals surface area contributed by atoms with Gasteiger partial charge in [0, 0.05) is 6.08 Å². The number of hydrogen-bond donors (Lipinski definition) is 1. The third kappa shape index (κ3) is 4.94. The van der Waals surface area contributed by atoms with Crippen molar-refractivity contribution in [3.8, 4) is 17.8 Å². The third-order valence-electron chi connectivity index (χ3n) is 2.97. The van der Waals surface area contributed by atoms with Crippen LogP contribution in [-0.2, 0) is 11.3 Å². The van der Waals surface area contributed by atoms with Crippen LogP contribution in [0.2, 0.25) is 0 Å². The molecule has 0 aliphatic carbocycles. The van der Waals surface area contributed by atoms with E-state index < -0.39 is 0 Å². The van der Waals surface area contributed by atoms with Crippen LogP contribution in [0.3, 0.4) is 0 Å². The van der Waals surface area contributed by atoms with Crippen LogP contribution in [-0.4, -0.2) is 42.2 Å². The van der Waals surface area contributed by atoms with E-state index in [4.69, 9.17) is 14.2 Å². The Hall–Kier alpha value is -3.16. The molecule has 8 heteroatoms. The summed E-state index contributed by atoms with van der Waals surface area (Å²) in [4.78, 5) is 23.8. The molecule has 0 saturated heterocycles. The SMILES string of the molecule is COc1ccc(/C=C/C(=O)NCc2nc(OC)nc(OC)n2)cc1. The van der Waals surface area contributed by atoms with Gasteiger partial charge >= 0.3 is 12.0 Å². The molecule has 0 saturated carbocycles. The van der Waals surface area contributed by atoms with Gasteiger partial charge in [-0.2, -0.15) is 9.97 Å². The molecule has 8 nitrogen and oxygen atoms in total. The Bertz CT molecular complexity index is 694. The van der Waals surface area contributed by atoms with Crippen LogP contribution in [0.1, 0.15) is 11.4 Å². The van der Waals surface area contributed by atoms with E-state index in [-0.39, 0.29) is 24.5 Å². The van der Waals surface area contributed by atoms with Crippen LogP contribution in [0.5, 0.6) is 17.8 Å². The first-order valence-corrected chi connectivity index (χ1v) is 7.07. The largest absolute Gasteiger partial charge is 0.497 e. The highest BCUT2D eigenvalue weighted by Crippen LogP contribution is 2.12. The number of rotatable bonds is 7. The lowest BCUT2D eigenvalue weighted by Gasteiger charge is -2.05. The Labute approximate surface area is 139 Å². The Morgan fingerprint density at radius 3 is 2.17 bits per heavy atom.